The summed E-state index contributed by atoms with van der Waals surface area (Å²) in [7, 11) is -2.96. The van der Waals surface area contributed by atoms with Gasteiger partial charge in [-0.1, -0.05) is 0 Å². The first-order chi connectivity index (χ1) is 7.54. The largest absolute Gasteiger partial charge is 0.368 e. The van der Waals surface area contributed by atoms with Gasteiger partial charge in [-0.2, -0.15) is 0 Å². The smallest absolute Gasteiger partial charge is 0.200 e. The van der Waals surface area contributed by atoms with Gasteiger partial charge >= 0.3 is 0 Å². The summed E-state index contributed by atoms with van der Waals surface area (Å²) in [5.41, 5.74) is 0.536. The zero-order valence-corrected chi connectivity index (χ0v) is 9.35. The molecule has 9 heteroatoms. The van der Waals surface area contributed by atoms with E-state index in [2.05, 4.69) is 25.9 Å². The predicted octanol–water partition coefficient (Wildman–Crippen LogP) is -1.02. The second-order valence-electron chi connectivity index (χ2n) is 3.30. The number of fused-ring (bicyclic) bond motifs is 1. The van der Waals surface area contributed by atoms with Crippen molar-refractivity contribution in [3.63, 3.8) is 0 Å². The number of rotatable bonds is 4. The first-order valence-electron chi connectivity index (χ1n) is 4.52. The van der Waals surface area contributed by atoms with Gasteiger partial charge in [-0.05, 0) is 22.6 Å². The standard InChI is InChI=1S/C7H10N6O2S/c1-16(14,15)5-4-8-6-2-3-7-9-11-12-13(7)10-6/h2-3H,4-5H2,1H3,(H,8,10). The van der Waals surface area contributed by atoms with Crippen molar-refractivity contribution in [1.29, 1.82) is 0 Å². The van der Waals surface area contributed by atoms with Crippen molar-refractivity contribution < 1.29 is 8.42 Å². The molecule has 0 aromatic carbocycles. The van der Waals surface area contributed by atoms with Crippen LogP contribution in [0.4, 0.5) is 5.82 Å². The van der Waals surface area contributed by atoms with E-state index in [1.54, 1.807) is 12.1 Å². The maximum Gasteiger partial charge on any atom is 0.200 e. The lowest BCUT2D eigenvalue weighted by Crippen LogP contribution is -2.15. The first kappa shape index (κ1) is 10.7. The molecule has 0 saturated carbocycles. The third kappa shape index (κ3) is 2.63. The lowest BCUT2D eigenvalue weighted by Gasteiger charge is -2.03. The van der Waals surface area contributed by atoms with Gasteiger partial charge in [-0.15, -0.1) is 14.8 Å². The molecule has 1 N–H and O–H groups in total. The summed E-state index contributed by atoms with van der Waals surface area (Å²) in [6, 6.07) is 3.38. The van der Waals surface area contributed by atoms with Gasteiger partial charge in [0.2, 0.25) is 0 Å². The molecule has 0 bridgehead atoms. The van der Waals surface area contributed by atoms with Crippen molar-refractivity contribution in [2.45, 2.75) is 0 Å². The normalized spacial score (nSPS) is 11.8. The zero-order chi connectivity index (χ0) is 11.6. The molecular weight excluding hydrogens is 232 g/mol. The van der Waals surface area contributed by atoms with Crippen LogP contribution < -0.4 is 5.32 Å². The van der Waals surface area contributed by atoms with Crippen molar-refractivity contribution in [2.24, 2.45) is 0 Å². The Morgan fingerprint density at radius 2 is 2.25 bits per heavy atom. The summed E-state index contributed by atoms with van der Waals surface area (Å²) < 4.78 is 23.1. The van der Waals surface area contributed by atoms with Crippen molar-refractivity contribution in [2.75, 3.05) is 23.9 Å². The van der Waals surface area contributed by atoms with Crippen LogP contribution in [-0.2, 0) is 9.84 Å². The van der Waals surface area contributed by atoms with Crippen molar-refractivity contribution in [3.8, 4) is 0 Å². The molecule has 2 heterocycles. The molecule has 2 aromatic rings. The van der Waals surface area contributed by atoms with E-state index in [4.69, 9.17) is 0 Å². The van der Waals surface area contributed by atoms with Gasteiger partial charge in [0.05, 0.1) is 5.75 Å². The highest BCUT2D eigenvalue weighted by molar-refractivity contribution is 7.90. The molecule has 2 aromatic heterocycles. The van der Waals surface area contributed by atoms with Gasteiger partial charge in [0.1, 0.15) is 15.7 Å². The number of aromatic nitrogens is 5. The van der Waals surface area contributed by atoms with E-state index < -0.39 is 9.84 Å². The lowest BCUT2D eigenvalue weighted by molar-refractivity contribution is 0.602. The highest BCUT2D eigenvalue weighted by atomic mass is 32.2. The summed E-state index contributed by atoms with van der Waals surface area (Å²) >= 11 is 0. The number of tetrazole rings is 1. The molecule has 0 saturated heterocycles. The monoisotopic (exact) mass is 242 g/mol. The molecule has 0 unspecified atom stereocenters. The third-order valence-corrected chi connectivity index (χ3v) is 2.79. The van der Waals surface area contributed by atoms with Crippen molar-refractivity contribution in [3.05, 3.63) is 12.1 Å². The summed E-state index contributed by atoms with van der Waals surface area (Å²) in [6.07, 6.45) is 1.19. The molecule has 0 atom stereocenters. The Morgan fingerprint density at radius 3 is 3.00 bits per heavy atom. The Hall–Kier alpha value is -1.77. The Labute approximate surface area is 91.6 Å². The van der Waals surface area contributed by atoms with Gasteiger partial charge < -0.3 is 5.32 Å². The van der Waals surface area contributed by atoms with Crippen LogP contribution in [0, 0.1) is 0 Å². The molecule has 0 amide bonds. The van der Waals surface area contributed by atoms with E-state index >= 15 is 0 Å². The molecule has 0 aliphatic carbocycles. The minimum absolute atomic E-state index is 0.0579. The third-order valence-electron chi connectivity index (χ3n) is 1.85. The fraction of sp³-hybridized carbons (Fsp3) is 0.429. The van der Waals surface area contributed by atoms with Crippen LogP contribution in [0.1, 0.15) is 0 Å². The molecule has 86 valence electrons. The van der Waals surface area contributed by atoms with Gasteiger partial charge in [-0.25, -0.2) is 8.42 Å². The Kier molecular flexibility index (Phi) is 2.69. The summed E-state index contributed by atoms with van der Waals surface area (Å²) in [5, 5.41) is 17.7. The fourth-order valence-corrected chi connectivity index (χ4v) is 1.58. The number of anilines is 1. The first-order valence-corrected chi connectivity index (χ1v) is 6.58. The van der Waals surface area contributed by atoms with Crippen molar-refractivity contribution in [1.82, 2.24) is 25.3 Å². The number of sulfone groups is 1. The topological polar surface area (TPSA) is 102 Å². The highest BCUT2D eigenvalue weighted by Crippen LogP contribution is 2.02. The fourth-order valence-electron chi connectivity index (χ4n) is 1.11. The number of nitrogens with zero attached hydrogens (tertiary/aromatic N) is 5. The average molecular weight is 242 g/mol. The predicted molar refractivity (Wildman–Crippen MR) is 56.8 cm³/mol. The second kappa shape index (κ2) is 4.00. The summed E-state index contributed by atoms with van der Waals surface area (Å²) in [5.74, 6) is 0.589. The Bertz CT molecular complexity index is 592. The second-order valence-corrected chi connectivity index (χ2v) is 5.56. The van der Waals surface area contributed by atoms with E-state index in [9.17, 15) is 8.42 Å². The van der Waals surface area contributed by atoms with Crippen LogP contribution in [0.2, 0.25) is 0 Å². The molecule has 2 rings (SSSR count). The Balaban J connectivity index is 2.04. The van der Waals surface area contributed by atoms with Crippen molar-refractivity contribution >= 4 is 21.3 Å². The quantitative estimate of drug-likeness (QED) is 0.731. The molecule has 8 nitrogen and oxygen atoms in total. The molecule has 0 aliphatic heterocycles. The maximum atomic E-state index is 10.9. The SMILES string of the molecule is CS(=O)(=O)CCNc1ccc2nnnn2n1. The van der Waals surface area contributed by atoms with Gasteiger partial charge in [-0.3, -0.25) is 0 Å². The average Bonchev–Trinajstić information content (AvgIpc) is 2.62. The van der Waals surface area contributed by atoms with Gasteiger partial charge in [0.25, 0.3) is 0 Å². The lowest BCUT2D eigenvalue weighted by atomic mass is 10.5. The van der Waals surface area contributed by atoms with E-state index in [1.165, 1.54) is 10.9 Å². The molecular formula is C7H10N6O2S. The van der Waals surface area contributed by atoms with Crippen LogP contribution >= 0.6 is 0 Å². The number of nitrogens with one attached hydrogen (secondary N) is 1. The molecule has 0 aliphatic rings. The van der Waals surface area contributed by atoms with E-state index in [0.29, 0.717) is 18.0 Å². The number of hydrogen-bond acceptors (Lipinski definition) is 7. The Morgan fingerprint density at radius 1 is 1.44 bits per heavy atom. The zero-order valence-electron chi connectivity index (χ0n) is 8.53. The van der Waals surface area contributed by atoms with Crippen LogP contribution in [0.3, 0.4) is 0 Å². The van der Waals surface area contributed by atoms with E-state index in [1.807, 2.05) is 0 Å². The van der Waals surface area contributed by atoms with Crippen LogP contribution in [0.15, 0.2) is 12.1 Å². The minimum atomic E-state index is -2.96. The number of hydrogen-bond donors (Lipinski definition) is 1. The summed E-state index contributed by atoms with van der Waals surface area (Å²) in [6.45, 7) is 0.305. The van der Waals surface area contributed by atoms with E-state index in [0.717, 1.165) is 0 Å². The highest BCUT2D eigenvalue weighted by Gasteiger charge is 2.03. The van der Waals surface area contributed by atoms with Crippen LogP contribution in [-0.4, -0.2) is 52.2 Å². The molecule has 0 radical (unpaired) electrons. The molecule has 0 fully saturated rings. The van der Waals surface area contributed by atoms with Crippen LogP contribution in [0.25, 0.3) is 5.65 Å². The van der Waals surface area contributed by atoms with Gasteiger partial charge in [0.15, 0.2) is 5.65 Å². The summed E-state index contributed by atoms with van der Waals surface area (Å²) in [4.78, 5) is 0. The van der Waals surface area contributed by atoms with E-state index in [-0.39, 0.29) is 5.75 Å². The van der Waals surface area contributed by atoms with Crippen LogP contribution in [0.5, 0.6) is 0 Å². The van der Waals surface area contributed by atoms with Gasteiger partial charge in [0, 0.05) is 12.8 Å². The molecule has 0 spiro atoms. The molecule has 16 heavy (non-hydrogen) atoms. The minimum Gasteiger partial charge on any atom is -0.368 e. The maximum absolute atomic E-state index is 10.9.